The molecule has 84 valence electrons. The highest BCUT2D eigenvalue weighted by Crippen LogP contribution is 2.25. The van der Waals surface area contributed by atoms with Crippen molar-refractivity contribution in [2.75, 3.05) is 14.2 Å². The summed E-state index contributed by atoms with van der Waals surface area (Å²) in [4.78, 5) is 11.3. The fraction of sp³-hybridized carbons (Fsp3) is 0.182. The molecule has 0 atom stereocenters. The topological polar surface area (TPSA) is 40.5 Å². The summed E-state index contributed by atoms with van der Waals surface area (Å²) in [6.07, 6.45) is 0.967. The lowest BCUT2D eigenvalue weighted by Crippen LogP contribution is -2.09. The van der Waals surface area contributed by atoms with Gasteiger partial charge in [0.1, 0.15) is 0 Å². The van der Waals surface area contributed by atoms with Gasteiger partial charge in [-0.2, -0.15) is 0 Å². The number of benzene rings is 1. The lowest BCUT2D eigenvalue weighted by atomic mass is 10.2. The Morgan fingerprint density at radius 1 is 1.38 bits per heavy atom. The third kappa shape index (κ3) is 1.50. The zero-order valence-corrected chi connectivity index (χ0v) is 8.86. The lowest BCUT2D eigenvalue weighted by Gasteiger charge is -2.04. The van der Waals surface area contributed by atoms with Crippen molar-refractivity contribution in [1.29, 1.82) is 0 Å². The van der Waals surface area contributed by atoms with Crippen LogP contribution in [0.1, 0.15) is 0 Å². The van der Waals surface area contributed by atoms with Crippen LogP contribution in [0, 0.1) is 5.82 Å². The molecule has 0 aliphatic rings. The van der Waals surface area contributed by atoms with E-state index in [2.05, 4.69) is 4.74 Å². The molecule has 0 fully saturated rings. The minimum atomic E-state index is -0.556. The molecular formula is C11H10FNO3. The maximum absolute atomic E-state index is 13.5. The third-order valence-corrected chi connectivity index (χ3v) is 2.34. The maximum atomic E-state index is 13.5. The second-order valence-electron chi connectivity index (χ2n) is 3.20. The van der Waals surface area contributed by atoms with E-state index in [4.69, 9.17) is 4.74 Å². The fourth-order valence-corrected chi connectivity index (χ4v) is 1.55. The fourth-order valence-electron chi connectivity index (χ4n) is 1.55. The summed E-state index contributed by atoms with van der Waals surface area (Å²) < 4.78 is 24.1. The molecule has 5 heteroatoms. The van der Waals surface area contributed by atoms with Crippen LogP contribution in [-0.2, 0) is 4.74 Å². The van der Waals surface area contributed by atoms with E-state index < -0.39 is 11.9 Å². The van der Waals surface area contributed by atoms with E-state index in [9.17, 15) is 9.18 Å². The van der Waals surface area contributed by atoms with E-state index in [0.29, 0.717) is 10.9 Å². The number of aromatic nitrogens is 1. The summed E-state index contributed by atoms with van der Waals surface area (Å²) in [5.41, 5.74) is 0.449. The first-order valence-corrected chi connectivity index (χ1v) is 4.60. The summed E-state index contributed by atoms with van der Waals surface area (Å²) in [5.74, 6) is -0.367. The van der Waals surface area contributed by atoms with Gasteiger partial charge in [-0.15, -0.1) is 0 Å². The predicted octanol–water partition coefficient (Wildman–Crippen LogP) is 2.40. The van der Waals surface area contributed by atoms with Gasteiger partial charge in [0.15, 0.2) is 11.6 Å². The highest BCUT2D eigenvalue weighted by Gasteiger charge is 2.12. The molecule has 0 N–H and O–H groups in total. The average Bonchev–Trinajstić information content (AvgIpc) is 2.69. The Morgan fingerprint density at radius 3 is 2.75 bits per heavy atom. The van der Waals surface area contributed by atoms with Gasteiger partial charge < -0.3 is 9.47 Å². The van der Waals surface area contributed by atoms with Gasteiger partial charge in [-0.3, -0.25) is 4.57 Å². The van der Waals surface area contributed by atoms with Gasteiger partial charge >= 0.3 is 6.09 Å². The number of rotatable bonds is 1. The summed E-state index contributed by atoms with van der Waals surface area (Å²) in [6, 6.07) is 4.46. The van der Waals surface area contributed by atoms with Crippen LogP contribution in [-0.4, -0.2) is 24.9 Å². The summed E-state index contributed by atoms with van der Waals surface area (Å²) >= 11 is 0. The summed E-state index contributed by atoms with van der Waals surface area (Å²) in [7, 11) is 2.66. The highest BCUT2D eigenvalue weighted by molar-refractivity contribution is 5.90. The van der Waals surface area contributed by atoms with E-state index in [-0.39, 0.29) is 5.75 Å². The molecule has 1 aromatic heterocycles. The molecule has 0 saturated carbocycles. The van der Waals surface area contributed by atoms with E-state index in [1.807, 2.05) is 0 Å². The summed E-state index contributed by atoms with van der Waals surface area (Å²) in [6.45, 7) is 0. The second-order valence-corrected chi connectivity index (χ2v) is 3.20. The number of halogens is 1. The second kappa shape index (κ2) is 3.84. The normalized spacial score (nSPS) is 10.4. The van der Waals surface area contributed by atoms with Crippen LogP contribution in [0.4, 0.5) is 9.18 Å². The van der Waals surface area contributed by atoms with Crippen LogP contribution in [0.15, 0.2) is 24.4 Å². The molecule has 16 heavy (non-hydrogen) atoms. The Labute approximate surface area is 91.2 Å². The van der Waals surface area contributed by atoms with E-state index in [1.165, 1.54) is 37.1 Å². The van der Waals surface area contributed by atoms with Crippen molar-refractivity contribution in [2.24, 2.45) is 0 Å². The van der Waals surface area contributed by atoms with Crippen LogP contribution in [0.25, 0.3) is 10.9 Å². The molecule has 0 spiro atoms. The van der Waals surface area contributed by atoms with Gasteiger partial charge in [0.05, 0.1) is 19.7 Å². The number of carbonyl (C=O) groups is 1. The standard InChI is InChI=1S/C11H10FNO3/c1-15-10-5-7-3-4-13(11(14)16-2)9(7)6-8(10)12/h3-6H,1-2H3. The Kier molecular flexibility index (Phi) is 2.52. The Hall–Kier alpha value is -2.04. The maximum Gasteiger partial charge on any atom is 0.418 e. The number of ether oxygens (including phenoxy) is 2. The number of nitrogens with zero attached hydrogens (tertiary/aromatic N) is 1. The molecule has 0 saturated heterocycles. The first-order valence-electron chi connectivity index (χ1n) is 4.60. The van der Waals surface area contributed by atoms with Crippen LogP contribution in [0.5, 0.6) is 5.75 Å². The largest absolute Gasteiger partial charge is 0.494 e. The van der Waals surface area contributed by atoms with Crippen LogP contribution in [0.3, 0.4) is 0 Å². The molecule has 2 aromatic rings. The molecule has 1 aromatic carbocycles. The van der Waals surface area contributed by atoms with Gasteiger partial charge in [0.2, 0.25) is 0 Å². The Bertz CT molecular complexity index is 547. The molecule has 0 bridgehead atoms. The van der Waals surface area contributed by atoms with E-state index in [0.717, 1.165) is 0 Å². The molecule has 0 amide bonds. The smallest absolute Gasteiger partial charge is 0.418 e. The molecule has 2 rings (SSSR count). The molecule has 4 nitrogen and oxygen atoms in total. The monoisotopic (exact) mass is 223 g/mol. The lowest BCUT2D eigenvalue weighted by molar-refractivity contribution is 0.174. The van der Waals surface area contributed by atoms with Gasteiger partial charge in [0.25, 0.3) is 0 Å². The van der Waals surface area contributed by atoms with Crippen LogP contribution in [0.2, 0.25) is 0 Å². The molecule has 0 aliphatic carbocycles. The third-order valence-electron chi connectivity index (χ3n) is 2.34. The number of fused-ring (bicyclic) bond motifs is 1. The van der Waals surface area contributed by atoms with Gasteiger partial charge in [-0.05, 0) is 12.1 Å². The van der Waals surface area contributed by atoms with Crippen LogP contribution < -0.4 is 4.74 Å². The highest BCUT2D eigenvalue weighted by atomic mass is 19.1. The zero-order chi connectivity index (χ0) is 11.7. The van der Waals surface area contributed by atoms with Crippen molar-refractivity contribution in [1.82, 2.24) is 4.57 Å². The first kappa shape index (κ1) is 10.5. The van der Waals surface area contributed by atoms with Crippen LogP contribution >= 0.6 is 0 Å². The zero-order valence-electron chi connectivity index (χ0n) is 8.86. The SMILES string of the molecule is COC(=O)n1ccc2cc(OC)c(F)cc21. The van der Waals surface area contributed by atoms with Crippen molar-refractivity contribution in [3.8, 4) is 5.75 Å². The van der Waals surface area contributed by atoms with Crippen molar-refractivity contribution < 1.29 is 18.7 Å². The number of methoxy groups -OCH3 is 2. The Morgan fingerprint density at radius 2 is 2.12 bits per heavy atom. The number of carbonyl (C=O) groups excluding carboxylic acids is 1. The number of hydrogen-bond acceptors (Lipinski definition) is 3. The molecule has 0 aliphatic heterocycles. The van der Waals surface area contributed by atoms with E-state index in [1.54, 1.807) is 6.07 Å². The molecular weight excluding hydrogens is 213 g/mol. The Balaban J connectivity index is 2.65. The minimum Gasteiger partial charge on any atom is -0.494 e. The molecule has 0 radical (unpaired) electrons. The van der Waals surface area contributed by atoms with Crippen molar-refractivity contribution >= 4 is 17.0 Å². The first-order chi connectivity index (χ1) is 7.67. The number of hydrogen-bond donors (Lipinski definition) is 0. The minimum absolute atomic E-state index is 0.148. The van der Waals surface area contributed by atoms with Gasteiger partial charge in [-0.25, -0.2) is 9.18 Å². The molecule has 1 heterocycles. The van der Waals surface area contributed by atoms with Crippen molar-refractivity contribution in [3.63, 3.8) is 0 Å². The van der Waals surface area contributed by atoms with Crippen molar-refractivity contribution in [3.05, 3.63) is 30.2 Å². The van der Waals surface area contributed by atoms with Gasteiger partial charge in [0, 0.05) is 17.6 Å². The average molecular weight is 223 g/mol. The van der Waals surface area contributed by atoms with E-state index >= 15 is 0 Å². The predicted molar refractivity (Wildman–Crippen MR) is 56.3 cm³/mol. The summed E-state index contributed by atoms with van der Waals surface area (Å²) in [5, 5.41) is 0.712. The van der Waals surface area contributed by atoms with Crippen molar-refractivity contribution in [2.45, 2.75) is 0 Å². The quantitative estimate of drug-likeness (QED) is 0.745. The van der Waals surface area contributed by atoms with Gasteiger partial charge in [-0.1, -0.05) is 0 Å². The molecule has 0 unspecified atom stereocenters.